The molecule has 0 bridgehead atoms. The van der Waals surface area contributed by atoms with Crippen molar-refractivity contribution in [2.24, 2.45) is 0 Å². The minimum absolute atomic E-state index is 0.0429. The Balaban J connectivity index is 1.31. The second-order valence-electron chi connectivity index (χ2n) is 8.42. The van der Waals surface area contributed by atoms with E-state index in [1.165, 1.54) is 6.07 Å². The Labute approximate surface area is 185 Å². The van der Waals surface area contributed by atoms with Gasteiger partial charge in [0.15, 0.2) is 0 Å². The van der Waals surface area contributed by atoms with Gasteiger partial charge in [0.25, 0.3) is 5.91 Å². The predicted molar refractivity (Wildman–Crippen MR) is 119 cm³/mol. The number of likely N-dealkylation sites (tertiary alicyclic amines) is 1. The summed E-state index contributed by atoms with van der Waals surface area (Å²) in [6.07, 6.45) is 5.49. The standard InChI is InChI=1S/C25H25FN4O2/c1-16-22(17(2)32-28-16)15-30-14-11-27-24(30)18-9-12-29(13-10-18)25(31)21-7-8-23(26)20-6-4-3-5-19(20)21/h3-8,11,14,18H,9-10,12-13,15H2,1-2H3. The molecular formula is C25H25FN4O2. The van der Waals surface area contributed by atoms with Crippen molar-refractivity contribution in [2.75, 3.05) is 13.1 Å². The first-order valence-corrected chi connectivity index (χ1v) is 10.9. The SMILES string of the molecule is Cc1noc(C)c1Cn1ccnc1C1CCN(C(=O)c2ccc(F)c3ccccc23)CC1. The molecule has 0 saturated carbocycles. The van der Waals surface area contributed by atoms with Gasteiger partial charge in [-0.15, -0.1) is 0 Å². The van der Waals surface area contributed by atoms with Gasteiger partial charge in [-0.1, -0.05) is 29.4 Å². The molecule has 6 nitrogen and oxygen atoms in total. The topological polar surface area (TPSA) is 64.2 Å². The van der Waals surface area contributed by atoms with Crippen LogP contribution in [0.3, 0.4) is 0 Å². The minimum Gasteiger partial charge on any atom is -0.361 e. The molecular weight excluding hydrogens is 407 g/mol. The fraction of sp³-hybridized carbons (Fsp3) is 0.320. The van der Waals surface area contributed by atoms with Gasteiger partial charge in [-0.05, 0) is 44.2 Å². The van der Waals surface area contributed by atoms with E-state index in [4.69, 9.17) is 4.52 Å². The fourth-order valence-electron chi connectivity index (χ4n) is 4.67. The molecule has 2 aromatic carbocycles. The molecule has 5 rings (SSSR count). The number of nitrogens with zero attached hydrogens (tertiary/aromatic N) is 4. The summed E-state index contributed by atoms with van der Waals surface area (Å²) >= 11 is 0. The quantitative estimate of drug-likeness (QED) is 0.463. The minimum atomic E-state index is -0.305. The average Bonchev–Trinajstić information content (AvgIpc) is 3.41. The zero-order valence-corrected chi connectivity index (χ0v) is 18.2. The van der Waals surface area contributed by atoms with E-state index in [0.29, 0.717) is 36.0 Å². The lowest BCUT2D eigenvalue weighted by Crippen LogP contribution is -2.38. The number of rotatable bonds is 4. The van der Waals surface area contributed by atoms with Crippen LogP contribution in [-0.2, 0) is 6.54 Å². The molecule has 1 saturated heterocycles. The van der Waals surface area contributed by atoms with E-state index in [-0.39, 0.29) is 17.6 Å². The molecule has 1 amide bonds. The molecule has 0 unspecified atom stereocenters. The van der Waals surface area contributed by atoms with E-state index in [9.17, 15) is 9.18 Å². The molecule has 0 spiro atoms. The lowest BCUT2D eigenvalue weighted by Gasteiger charge is -2.32. The summed E-state index contributed by atoms with van der Waals surface area (Å²) in [5.74, 6) is 1.79. The third-order valence-electron chi connectivity index (χ3n) is 6.51. The van der Waals surface area contributed by atoms with E-state index in [1.54, 1.807) is 18.2 Å². The zero-order chi connectivity index (χ0) is 22.2. The maximum Gasteiger partial charge on any atom is 0.254 e. The summed E-state index contributed by atoms with van der Waals surface area (Å²) in [6, 6.07) is 10.1. The highest BCUT2D eigenvalue weighted by Crippen LogP contribution is 2.30. The summed E-state index contributed by atoms with van der Waals surface area (Å²) in [6.45, 7) is 5.85. The molecule has 164 valence electrons. The van der Waals surface area contributed by atoms with Gasteiger partial charge >= 0.3 is 0 Å². The van der Waals surface area contributed by atoms with Gasteiger partial charge in [-0.2, -0.15) is 0 Å². The van der Waals surface area contributed by atoms with Gasteiger partial charge in [0, 0.05) is 47.9 Å². The van der Waals surface area contributed by atoms with Crippen LogP contribution in [-0.4, -0.2) is 38.6 Å². The van der Waals surface area contributed by atoms with Crippen molar-refractivity contribution in [2.45, 2.75) is 39.2 Å². The number of amides is 1. The second kappa shape index (κ2) is 8.22. The highest BCUT2D eigenvalue weighted by Gasteiger charge is 2.28. The van der Waals surface area contributed by atoms with Gasteiger partial charge in [0.05, 0.1) is 12.2 Å². The molecule has 1 aliphatic heterocycles. The Morgan fingerprint density at radius 1 is 1.12 bits per heavy atom. The molecule has 32 heavy (non-hydrogen) atoms. The van der Waals surface area contributed by atoms with Crippen molar-refractivity contribution in [3.8, 4) is 0 Å². The number of aromatic nitrogens is 3. The Kier molecular flexibility index (Phi) is 5.25. The largest absolute Gasteiger partial charge is 0.361 e. The summed E-state index contributed by atoms with van der Waals surface area (Å²) in [4.78, 5) is 19.7. The molecule has 3 heterocycles. The van der Waals surface area contributed by atoms with Crippen LogP contribution < -0.4 is 0 Å². The van der Waals surface area contributed by atoms with Crippen molar-refractivity contribution >= 4 is 16.7 Å². The highest BCUT2D eigenvalue weighted by atomic mass is 19.1. The Morgan fingerprint density at radius 3 is 2.59 bits per heavy atom. The van der Waals surface area contributed by atoms with Crippen LogP contribution in [0.15, 0.2) is 53.3 Å². The molecule has 1 fully saturated rings. The van der Waals surface area contributed by atoms with Crippen LogP contribution in [0.1, 0.15) is 52.0 Å². The van der Waals surface area contributed by atoms with Crippen molar-refractivity contribution in [1.82, 2.24) is 19.6 Å². The Morgan fingerprint density at radius 2 is 1.88 bits per heavy atom. The number of fused-ring (bicyclic) bond motifs is 1. The normalized spacial score (nSPS) is 14.9. The smallest absolute Gasteiger partial charge is 0.254 e. The van der Waals surface area contributed by atoms with Crippen LogP contribution in [0.25, 0.3) is 10.8 Å². The number of benzene rings is 2. The van der Waals surface area contributed by atoms with E-state index in [1.807, 2.05) is 43.3 Å². The van der Waals surface area contributed by atoms with Gasteiger partial charge in [-0.3, -0.25) is 4.79 Å². The molecule has 7 heteroatoms. The molecule has 1 aliphatic rings. The van der Waals surface area contributed by atoms with Crippen molar-refractivity contribution in [1.29, 1.82) is 0 Å². The summed E-state index contributed by atoms with van der Waals surface area (Å²) in [5, 5.41) is 5.19. The Hall–Kier alpha value is -3.48. The Bertz CT molecular complexity index is 1260. The van der Waals surface area contributed by atoms with E-state index >= 15 is 0 Å². The lowest BCUT2D eigenvalue weighted by molar-refractivity contribution is 0.0712. The third-order valence-corrected chi connectivity index (χ3v) is 6.51. The zero-order valence-electron chi connectivity index (χ0n) is 18.2. The van der Waals surface area contributed by atoms with Crippen LogP contribution in [0.2, 0.25) is 0 Å². The second-order valence-corrected chi connectivity index (χ2v) is 8.42. The summed E-state index contributed by atoms with van der Waals surface area (Å²) < 4.78 is 21.6. The first kappa shape index (κ1) is 20.4. The molecule has 2 aromatic heterocycles. The third kappa shape index (κ3) is 3.57. The lowest BCUT2D eigenvalue weighted by atomic mass is 9.94. The molecule has 0 aliphatic carbocycles. The van der Waals surface area contributed by atoms with Crippen molar-refractivity contribution in [3.63, 3.8) is 0 Å². The number of hydrogen-bond acceptors (Lipinski definition) is 4. The summed E-state index contributed by atoms with van der Waals surface area (Å²) in [5.41, 5.74) is 2.54. The number of carbonyl (C=O) groups is 1. The van der Waals surface area contributed by atoms with Gasteiger partial charge < -0.3 is 14.0 Å². The highest BCUT2D eigenvalue weighted by molar-refractivity contribution is 6.07. The number of halogens is 1. The van der Waals surface area contributed by atoms with E-state index in [0.717, 1.165) is 35.7 Å². The van der Waals surface area contributed by atoms with E-state index in [2.05, 4.69) is 14.7 Å². The fourth-order valence-corrected chi connectivity index (χ4v) is 4.67. The first-order valence-electron chi connectivity index (χ1n) is 10.9. The number of carbonyl (C=O) groups excluding carboxylic acids is 1. The van der Waals surface area contributed by atoms with Gasteiger partial charge in [-0.25, -0.2) is 9.37 Å². The number of aryl methyl sites for hydroxylation is 2. The van der Waals surface area contributed by atoms with Crippen LogP contribution in [0, 0.1) is 19.7 Å². The number of piperidine rings is 1. The van der Waals surface area contributed by atoms with Crippen LogP contribution >= 0.6 is 0 Å². The molecule has 0 N–H and O–H groups in total. The maximum absolute atomic E-state index is 14.2. The van der Waals surface area contributed by atoms with Crippen molar-refractivity contribution < 1.29 is 13.7 Å². The van der Waals surface area contributed by atoms with Crippen LogP contribution in [0.4, 0.5) is 4.39 Å². The van der Waals surface area contributed by atoms with E-state index < -0.39 is 0 Å². The molecule has 0 radical (unpaired) electrons. The van der Waals surface area contributed by atoms with Gasteiger partial charge in [0.2, 0.25) is 0 Å². The molecule has 4 aromatic rings. The average molecular weight is 432 g/mol. The summed E-state index contributed by atoms with van der Waals surface area (Å²) in [7, 11) is 0. The van der Waals surface area contributed by atoms with Crippen LogP contribution in [0.5, 0.6) is 0 Å². The monoisotopic (exact) mass is 432 g/mol. The van der Waals surface area contributed by atoms with Gasteiger partial charge in [0.1, 0.15) is 17.4 Å². The maximum atomic E-state index is 14.2. The van der Waals surface area contributed by atoms with Crippen molar-refractivity contribution in [3.05, 3.63) is 83.0 Å². The number of imidazole rings is 1. The predicted octanol–water partition coefficient (Wildman–Crippen LogP) is 4.85. The first-order chi connectivity index (χ1) is 15.5. The molecule has 0 atom stereocenters. The number of hydrogen-bond donors (Lipinski definition) is 0.